The molecule has 3 rings (SSSR count). The average molecular weight is 380 g/mol. The first-order valence-corrected chi connectivity index (χ1v) is 9.17. The first-order valence-electron chi connectivity index (χ1n) is 9.17. The summed E-state index contributed by atoms with van der Waals surface area (Å²) in [5.74, 6) is -2.28. The first-order chi connectivity index (χ1) is 13.4. The topological polar surface area (TPSA) is 109 Å². The van der Waals surface area contributed by atoms with Gasteiger partial charge in [0.1, 0.15) is 0 Å². The summed E-state index contributed by atoms with van der Waals surface area (Å²) in [6, 6.07) is 10.1. The van der Waals surface area contributed by atoms with E-state index in [1.54, 1.807) is 36.4 Å². The van der Waals surface area contributed by atoms with E-state index in [2.05, 4.69) is 0 Å². The van der Waals surface area contributed by atoms with Gasteiger partial charge < -0.3 is 10.2 Å². The maximum absolute atomic E-state index is 13.1. The lowest BCUT2D eigenvalue weighted by Crippen LogP contribution is -2.23. The lowest BCUT2D eigenvalue weighted by molar-refractivity contribution is -0.138. The van der Waals surface area contributed by atoms with E-state index < -0.39 is 11.9 Å². The smallest absolute Gasteiger partial charge is 0.303 e. The number of fused-ring (bicyclic) bond motifs is 2. The van der Waals surface area contributed by atoms with Crippen molar-refractivity contribution in [1.29, 1.82) is 0 Å². The van der Waals surface area contributed by atoms with Crippen molar-refractivity contribution in [2.45, 2.75) is 38.5 Å². The summed E-state index contributed by atoms with van der Waals surface area (Å²) < 4.78 is 0. The summed E-state index contributed by atoms with van der Waals surface area (Å²) in [5, 5.41) is 17.8. The van der Waals surface area contributed by atoms with Crippen LogP contribution in [-0.2, 0) is 22.4 Å². The molecule has 0 aromatic heterocycles. The molecule has 6 nitrogen and oxygen atoms in total. The highest BCUT2D eigenvalue weighted by Crippen LogP contribution is 2.32. The van der Waals surface area contributed by atoms with Crippen molar-refractivity contribution in [1.82, 2.24) is 0 Å². The Morgan fingerprint density at radius 1 is 0.714 bits per heavy atom. The molecule has 0 radical (unpaired) electrons. The highest BCUT2D eigenvalue weighted by Gasteiger charge is 2.32. The van der Waals surface area contributed by atoms with Crippen LogP contribution in [-0.4, -0.2) is 33.7 Å². The molecule has 6 heteroatoms. The number of aliphatic carboxylic acids is 2. The van der Waals surface area contributed by atoms with Gasteiger partial charge in [-0.1, -0.05) is 30.3 Å². The second-order valence-electron chi connectivity index (χ2n) is 6.82. The molecule has 1 aliphatic rings. The third-order valence-electron chi connectivity index (χ3n) is 4.95. The monoisotopic (exact) mass is 380 g/mol. The number of carboxylic acids is 2. The fourth-order valence-corrected chi connectivity index (χ4v) is 3.66. The minimum absolute atomic E-state index is 0.00135. The Hall–Kier alpha value is -3.28. The summed E-state index contributed by atoms with van der Waals surface area (Å²) in [5.41, 5.74) is 2.85. The highest BCUT2D eigenvalue weighted by atomic mass is 16.4. The van der Waals surface area contributed by atoms with Crippen molar-refractivity contribution in [3.05, 3.63) is 69.8 Å². The fraction of sp³-hybridized carbons (Fsp3) is 0.273. The predicted octanol–water partition coefficient (Wildman–Crippen LogP) is 3.28. The maximum Gasteiger partial charge on any atom is 0.303 e. The zero-order chi connectivity index (χ0) is 20.3. The van der Waals surface area contributed by atoms with Gasteiger partial charge in [-0.3, -0.25) is 19.2 Å². The van der Waals surface area contributed by atoms with Crippen molar-refractivity contribution >= 4 is 23.5 Å². The van der Waals surface area contributed by atoms with Gasteiger partial charge in [0, 0.05) is 35.1 Å². The minimum atomic E-state index is -0.926. The lowest BCUT2D eigenvalue weighted by Gasteiger charge is -2.22. The molecule has 0 amide bonds. The summed E-state index contributed by atoms with van der Waals surface area (Å²) in [6.45, 7) is 0. The Labute approximate surface area is 161 Å². The Bertz CT molecular complexity index is 973. The molecular formula is C22H20O6. The third-order valence-corrected chi connectivity index (χ3v) is 4.95. The Morgan fingerprint density at radius 3 is 1.89 bits per heavy atom. The van der Waals surface area contributed by atoms with Crippen LogP contribution in [0.1, 0.15) is 68.7 Å². The number of rotatable bonds is 8. The molecule has 0 unspecified atom stereocenters. The molecule has 0 aliphatic heterocycles. The summed E-state index contributed by atoms with van der Waals surface area (Å²) in [6.07, 6.45) is 1.49. The van der Waals surface area contributed by atoms with Gasteiger partial charge in [0.15, 0.2) is 11.6 Å². The molecule has 2 N–H and O–H groups in total. The largest absolute Gasteiger partial charge is 0.481 e. The second kappa shape index (κ2) is 8.17. The number of carboxylic acid groups (broad SMARTS) is 2. The first kappa shape index (κ1) is 19.5. The van der Waals surface area contributed by atoms with Gasteiger partial charge >= 0.3 is 11.9 Å². The molecule has 1 aliphatic carbocycles. The predicted molar refractivity (Wildman–Crippen MR) is 101 cm³/mol. The Kier molecular flexibility index (Phi) is 5.68. The molecule has 0 atom stereocenters. The third kappa shape index (κ3) is 3.86. The normalized spacial score (nSPS) is 12.4. The van der Waals surface area contributed by atoms with Gasteiger partial charge in [-0.15, -0.1) is 0 Å². The molecule has 2 aromatic carbocycles. The van der Waals surface area contributed by atoms with Crippen LogP contribution in [0.2, 0.25) is 0 Å². The number of aryl methyl sites for hydroxylation is 1. The number of hydrogen-bond donors (Lipinski definition) is 2. The van der Waals surface area contributed by atoms with Crippen LogP contribution in [0, 0.1) is 0 Å². The molecule has 0 bridgehead atoms. The Balaban J connectivity index is 2.04. The molecule has 0 saturated heterocycles. The highest BCUT2D eigenvalue weighted by molar-refractivity contribution is 6.29. The molecular weight excluding hydrogens is 360 g/mol. The Morgan fingerprint density at radius 2 is 1.29 bits per heavy atom. The van der Waals surface area contributed by atoms with Crippen LogP contribution >= 0.6 is 0 Å². The van der Waals surface area contributed by atoms with Gasteiger partial charge in [0.05, 0.1) is 0 Å². The minimum Gasteiger partial charge on any atom is -0.481 e. The summed E-state index contributed by atoms with van der Waals surface area (Å²) in [7, 11) is 0. The van der Waals surface area contributed by atoms with E-state index in [0.717, 1.165) is 5.56 Å². The number of carbonyl (C=O) groups is 4. The maximum atomic E-state index is 13.1. The van der Waals surface area contributed by atoms with Gasteiger partial charge in [0.25, 0.3) is 0 Å². The van der Waals surface area contributed by atoms with Crippen LogP contribution in [0.25, 0.3) is 0 Å². The SMILES string of the molecule is O=C(O)CCCc1ccc2c(c1CCCC(=O)O)C(=O)c1ccccc1C2=O. The molecule has 144 valence electrons. The van der Waals surface area contributed by atoms with E-state index in [-0.39, 0.29) is 24.4 Å². The molecule has 0 heterocycles. The quantitative estimate of drug-likeness (QED) is 0.621. The van der Waals surface area contributed by atoms with E-state index >= 15 is 0 Å². The number of carbonyl (C=O) groups excluding carboxylic acids is 2. The van der Waals surface area contributed by atoms with Crippen molar-refractivity contribution in [3.63, 3.8) is 0 Å². The van der Waals surface area contributed by atoms with Crippen molar-refractivity contribution in [2.75, 3.05) is 0 Å². The standard InChI is InChI=1S/C22H20O6/c23-18(24)9-3-5-13-11-12-17-20(14(13)8-4-10-19(25)26)22(28)16-7-2-1-6-15(16)21(17)27/h1-2,6-7,11-12H,3-5,8-10H2,(H,23,24)(H,25,26). The average Bonchev–Trinajstić information content (AvgIpc) is 2.66. The second-order valence-corrected chi connectivity index (χ2v) is 6.82. The van der Waals surface area contributed by atoms with E-state index in [9.17, 15) is 19.2 Å². The number of hydrogen-bond acceptors (Lipinski definition) is 4. The number of ketones is 2. The van der Waals surface area contributed by atoms with Gasteiger partial charge in [-0.25, -0.2) is 0 Å². The van der Waals surface area contributed by atoms with Gasteiger partial charge in [-0.05, 0) is 42.9 Å². The van der Waals surface area contributed by atoms with Crippen LogP contribution in [0.5, 0.6) is 0 Å². The summed E-state index contributed by atoms with van der Waals surface area (Å²) in [4.78, 5) is 47.7. The molecule has 0 saturated carbocycles. The molecule has 0 fully saturated rings. The molecule has 0 spiro atoms. The zero-order valence-corrected chi connectivity index (χ0v) is 15.2. The zero-order valence-electron chi connectivity index (χ0n) is 15.2. The van der Waals surface area contributed by atoms with Crippen molar-refractivity contribution in [3.8, 4) is 0 Å². The number of benzene rings is 2. The molecule has 2 aromatic rings. The van der Waals surface area contributed by atoms with Gasteiger partial charge in [-0.2, -0.15) is 0 Å². The van der Waals surface area contributed by atoms with E-state index in [1.165, 1.54) is 0 Å². The van der Waals surface area contributed by atoms with Crippen LogP contribution in [0.15, 0.2) is 36.4 Å². The van der Waals surface area contributed by atoms with Crippen molar-refractivity contribution in [2.24, 2.45) is 0 Å². The van der Waals surface area contributed by atoms with E-state index in [1.807, 2.05) is 0 Å². The van der Waals surface area contributed by atoms with E-state index in [4.69, 9.17) is 10.2 Å². The summed E-state index contributed by atoms with van der Waals surface area (Å²) >= 11 is 0. The van der Waals surface area contributed by atoms with Crippen molar-refractivity contribution < 1.29 is 29.4 Å². The van der Waals surface area contributed by atoms with Gasteiger partial charge in [0.2, 0.25) is 0 Å². The van der Waals surface area contributed by atoms with Crippen LogP contribution in [0.4, 0.5) is 0 Å². The van der Waals surface area contributed by atoms with E-state index in [0.29, 0.717) is 53.5 Å². The van der Waals surface area contributed by atoms with Crippen LogP contribution in [0.3, 0.4) is 0 Å². The fourth-order valence-electron chi connectivity index (χ4n) is 3.66. The lowest BCUT2D eigenvalue weighted by atomic mass is 9.79. The molecule has 28 heavy (non-hydrogen) atoms. The van der Waals surface area contributed by atoms with Crippen LogP contribution < -0.4 is 0 Å².